The van der Waals surface area contributed by atoms with E-state index < -0.39 is 0 Å². The molecule has 0 fully saturated rings. The number of nitrogens with zero attached hydrogens (tertiary/aromatic N) is 2. The molecule has 0 unspecified atom stereocenters. The van der Waals surface area contributed by atoms with Crippen molar-refractivity contribution in [2.24, 2.45) is 0 Å². The van der Waals surface area contributed by atoms with Gasteiger partial charge < -0.3 is 10.6 Å². The van der Waals surface area contributed by atoms with Crippen molar-refractivity contribution in [3.8, 4) is 0 Å². The summed E-state index contributed by atoms with van der Waals surface area (Å²) in [5.74, 6) is -0.598. The minimum atomic E-state index is -0.318. The third-order valence-corrected chi connectivity index (χ3v) is 5.26. The molecule has 32 heavy (non-hydrogen) atoms. The first-order chi connectivity index (χ1) is 15.5. The van der Waals surface area contributed by atoms with Gasteiger partial charge in [-0.1, -0.05) is 48.5 Å². The van der Waals surface area contributed by atoms with Gasteiger partial charge in [0.1, 0.15) is 0 Å². The van der Waals surface area contributed by atoms with Crippen LogP contribution in [0.15, 0.2) is 72.1 Å². The molecule has 0 bridgehead atoms. The number of rotatable bonds is 9. The zero-order chi connectivity index (χ0) is 22.8. The average molecular weight is 449 g/mol. The molecule has 1 heterocycles. The van der Waals surface area contributed by atoms with E-state index in [9.17, 15) is 14.4 Å². The maximum absolute atomic E-state index is 12.1. The van der Waals surface area contributed by atoms with Gasteiger partial charge >= 0.3 is 0 Å². The summed E-state index contributed by atoms with van der Waals surface area (Å²) in [5.41, 5.74) is 2.32. The molecule has 1 aromatic heterocycles. The molecule has 0 saturated carbocycles. The second kappa shape index (κ2) is 11.6. The number of para-hydroxylation sites is 1. The molecule has 2 N–H and O–H groups in total. The number of benzene rings is 2. The van der Waals surface area contributed by atoms with Crippen molar-refractivity contribution in [1.29, 1.82) is 0 Å². The zero-order valence-corrected chi connectivity index (χ0v) is 18.5. The van der Waals surface area contributed by atoms with E-state index >= 15 is 0 Å². The molecule has 0 aliphatic heterocycles. The fourth-order valence-electron chi connectivity index (χ4n) is 2.86. The molecular weight excluding hydrogens is 424 g/mol. The summed E-state index contributed by atoms with van der Waals surface area (Å²) < 4.78 is 0. The lowest BCUT2D eigenvalue weighted by Crippen LogP contribution is -2.29. The topological polar surface area (TPSA) is 91.4 Å². The Labute approximate surface area is 190 Å². The zero-order valence-electron chi connectivity index (χ0n) is 17.7. The van der Waals surface area contributed by atoms with E-state index in [1.54, 1.807) is 11.5 Å². The van der Waals surface area contributed by atoms with Crippen LogP contribution in [0.3, 0.4) is 0 Å². The van der Waals surface area contributed by atoms with E-state index in [2.05, 4.69) is 15.6 Å². The van der Waals surface area contributed by atoms with Crippen molar-refractivity contribution >= 4 is 46.0 Å². The van der Waals surface area contributed by atoms with Gasteiger partial charge in [-0.05, 0) is 23.8 Å². The lowest BCUT2D eigenvalue weighted by Gasteiger charge is -2.17. The summed E-state index contributed by atoms with van der Waals surface area (Å²) in [6, 6.07) is 18.9. The van der Waals surface area contributed by atoms with Gasteiger partial charge in [0.25, 0.3) is 0 Å². The van der Waals surface area contributed by atoms with Crippen LogP contribution in [0.25, 0.3) is 6.08 Å². The van der Waals surface area contributed by atoms with Gasteiger partial charge in [0.05, 0.1) is 11.4 Å². The molecule has 3 amide bonds. The number of carbonyl (C=O) groups excluding carboxylic acids is 3. The Hall–Kier alpha value is -3.78. The SMILES string of the molecule is CC(=O)N(c1ccccc1)c1nc(/C=C/C(=O)NCCC(=O)NCc2ccccc2)cs1. The van der Waals surface area contributed by atoms with Crippen molar-refractivity contribution < 1.29 is 14.4 Å². The Morgan fingerprint density at radius 2 is 1.69 bits per heavy atom. The van der Waals surface area contributed by atoms with Crippen LogP contribution in [-0.2, 0) is 20.9 Å². The van der Waals surface area contributed by atoms with Crippen LogP contribution in [0.1, 0.15) is 24.6 Å². The second-order valence-electron chi connectivity index (χ2n) is 6.88. The van der Waals surface area contributed by atoms with Crippen LogP contribution in [0, 0.1) is 0 Å². The van der Waals surface area contributed by atoms with Crippen LogP contribution < -0.4 is 15.5 Å². The quantitative estimate of drug-likeness (QED) is 0.489. The molecule has 2 aromatic carbocycles. The summed E-state index contributed by atoms with van der Waals surface area (Å²) in [6.07, 6.45) is 3.13. The Morgan fingerprint density at radius 1 is 1.00 bits per heavy atom. The van der Waals surface area contributed by atoms with Crippen LogP contribution in [0.5, 0.6) is 0 Å². The molecule has 3 rings (SSSR count). The standard InChI is InChI=1S/C24H24N4O3S/c1-18(29)28(21-10-6-3-7-11-21)24-27-20(17-32-24)12-13-22(30)25-15-14-23(31)26-16-19-8-4-2-5-9-19/h2-13,17H,14-16H2,1H3,(H,25,30)(H,26,31)/b13-12+. The van der Waals surface area contributed by atoms with Gasteiger partial charge in [-0.3, -0.25) is 19.3 Å². The highest BCUT2D eigenvalue weighted by atomic mass is 32.1. The maximum Gasteiger partial charge on any atom is 0.244 e. The number of anilines is 2. The highest BCUT2D eigenvalue weighted by Crippen LogP contribution is 2.28. The Bertz CT molecular complexity index is 1080. The van der Waals surface area contributed by atoms with Crippen molar-refractivity contribution in [3.05, 3.63) is 83.4 Å². The molecule has 0 spiro atoms. The number of hydrogen-bond acceptors (Lipinski definition) is 5. The van der Waals surface area contributed by atoms with Crippen LogP contribution >= 0.6 is 11.3 Å². The maximum atomic E-state index is 12.1. The van der Waals surface area contributed by atoms with Gasteiger partial charge in [-0.25, -0.2) is 4.98 Å². The number of thiazole rings is 1. The first-order valence-corrected chi connectivity index (χ1v) is 11.0. The Balaban J connectivity index is 1.46. The number of amides is 3. The summed E-state index contributed by atoms with van der Waals surface area (Å²) >= 11 is 1.32. The average Bonchev–Trinajstić information content (AvgIpc) is 3.26. The number of aromatic nitrogens is 1. The molecule has 164 valence electrons. The fourth-order valence-corrected chi connectivity index (χ4v) is 3.72. The Kier molecular flexibility index (Phi) is 8.28. The predicted octanol–water partition coefficient (Wildman–Crippen LogP) is 3.66. The first-order valence-electron chi connectivity index (χ1n) is 10.1. The van der Waals surface area contributed by atoms with E-state index in [0.29, 0.717) is 17.4 Å². The largest absolute Gasteiger partial charge is 0.352 e. The van der Waals surface area contributed by atoms with E-state index in [0.717, 1.165) is 11.3 Å². The summed E-state index contributed by atoms with van der Waals surface area (Å²) in [7, 11) is 0. The molecule has 3 aromatic rings. The smallest absolute Gasteiger partial charge is 0.244 e. The van der Waals surface area contributed by atoms with Gasteiger partial charge in [0.15, 0.2) is 5.13 Å². The van der Waals surface area contributed by atoms with E-state index in [-0.39, 0.29) is 30.7 Å². The summed E-state index contributed by atoms with van der Waals surface area (Å²) in [4.78, 5) is 42.0. The van der Waals surface area contributed by atoms with E-state index in [1.807, 2.05) is 60.7 Å². The highest BCUT2D eigenvalue weighted by molar-refractivity contribution is 7.14. The van der Waals surface area contributed by atoms with E-state index in [1.165, 1.54) is 29.2 Å². The molecule has 0 radical (unpaired) electrons. The monoisotopic (exact) mass is 448 g/mol. The number of carbonyl (C=O) groups is 3. The minimum absolute atomic E-state index is 0.132. The molecule has 8 heteroatoms. The van der Waals surface area contributed by atoms with Crippen molar-refractivity contribution in [2.45, 2.75) is 19.9 Å². The van der Waals surface area contributed by atoms with E-state index in [4.69, 9.17) is 0 Å². The third kappa shape index (κ3) is 6.88. The molecular formula is C24H24N4O3S. The van der Waals surface area contributed by atoms with Gasteiger partial charge in [0.2, 0.25) is 17.7 Å². The third-order valence-electron chi connectivity index (χ3n) is 4.42. The lowest BCUT2D eigenvalue weighted by molar-refractivity contribution is -0.121. The van der Waals surface area contributed by atoms with Crippen molar-refractivity contribution in [2.75, 3.05) is 11.4 Å². The minimum Gasteiger partial charge on any atom is -0.352 e. The highest BCUT2D eigenvalue weighted by Gasteiger charge is 2.17. The normalized spacial score (nSPS) is 10.7. The summed E-state index contributed by atoms with van der Waals surface area (Å²) in [5, 5.41) is 7.80. The lowest BCUT2D eigenvalue weighted by atomic mass is 10.2. The van der Waals surface area contributed by atoms with Gasteiger partial charge in [-0.15, -0.1) is 11.3 Å². The van der Waals surface area contributed by atoms with Gasteiger partial charge in [0, 0.05) is 37.9 Å². The predicted molar refractivity (Wildman–Crippen MR) is 126 cm³/mol. The first kappa shape index (κ1) is 22.9. The number of nitrogens with one attached hydrogen (secondary N) is 2. The van der Waals surface area contributed by atoms with Crippen LogP contribution in [0.4, 0.5) is 10.8 Å². The van der Waals surface area contributed by atoms with Crippen LogP contribution in [0.2, 0.25) is 0 Å². The molecule has 0 atom stereocenters. The molecule has 0 aliphatic rings. The molecule has 0 aliphatic carbocycles. The second-order valence-corrected chi connectivity index (χ2v) is 7.72. The molecule has 7 nitrogen and oxygen atoms in total. The fraction of sp³-hybridized carbons (Fsp3) is 0.167. The van der Waals surface area contributed by atoms with Crippen molar-refractivity contribution in [1.82, 2.24) is 15.6 Å². The number of hydrogen-bond donors (Lipinski definition) is 2. The van der Waals surface area contributed by atoms with Gasteiger partial charge in [-0.2, -0.15) is 0 Å². The Morgan fingerprint density at radius 3 is 2.38 bits per heavy atom. The summed E-state index contributed by atoms with van der Waals surface area (Å²) in [6.45, 7) is 2.17. The molecule has 0 saturated heterocycles. The van der Waals surface area contributed by atoms with Crippen LogP contribution in [-0.4, -0.2) is 29.3 Å². The van der Waals surface area contributed by atoms with Crippen molar-refractivity contribution in [3.63, 3.8) is 0 Å².